The Balaban J connectivity index is 1.58. The first kappa shape index (κ1) is 21.4. The monoisotopic (exact) mass is 428 g/mol. The topological polar surface area (TPSA) is 27.7 Å². The minimum atomic E-state index is -0.302. The third kappa shape index (κ3) is 5.46. The van der Waals surface area contributed by atoms with E-state index < -0.39 is 0 Å². The summed E-state index contributed by atoms with van der Waals surface area (Å²) in [5.41, 5.74) is 3.09. The molecule has 0 unspecified atom stereocenters. The van der Waals surface area contributed by atoms with E-state index in [-0.39, 0.29) is 11.9 Å². The maximum atomic E-state index is 13.1. The molecule has 0 saturated heterocycles. The first-order chi connectivity index (χ1) is 15.7. The Hall–Kier alpha value is -3.79. The number of ether oxygens (including phenoxy) is 3. The number of hydrogen-bond donors (Lipinski definition) is 0. The van der Waals surface area contributed by atoms with E-state index in [0.717, 1.165) is 16.7 Å². The van der Waals surface area contributed by atoms with Gasteiger partial charge in [-0.25, -0.2) is 4.39 Å². The molecule has 0 amide bonds. The lowest BCUT2D eigenvalue weighted by Gasteiger charge is -2.22. The molecule has 0 saturated carbocycles. The average molecular weight is 429 g/mol. The molecular weight excluding hydrogens is 403 g/mol. The molecule has 0 aliphatic rings. The molecule has 4 heteroatoms. The van der Waals surface area contributed by atoms with Gasteiger partial charge in [0, 0.05) is 12.5 Å². The molecule has 32 heavy (non-hydrogen) atoms. The molecule has 0 bridgehead atoms. The molecule has 0 spiro atoms. The van der Waals surface area contributed by atoms with Gasteiger partial charge in [-0.2, -0.15) is 0 Å². The Bertz CT molecular complexity index is 1070. The Kier molecular flexibility index (Phi) is 7.03. The molecule has 4 rings (SSSR count). The molecule has 0 atom stereocenters. The number of halogens is 1. The maximum Gasteiger partial charge on any atom is 0.166 e. The quantitative estimate of drug-likeness (QED) is 0.300. The summed E-state index contributed by atoms with van der Waals surface area (Å²) in [7, 11) is 1.63. The fourth-order valence-electron chi connectivity index (χ4n) is 3.47. The fourth-order valence-corrected chi connectivity index (χ4v) is 3.47. The summed E-state index contributed by atoms with van der Waals surface area (Å²) in [5.74, 6) is 1.67. The van der Waals surface area contributed by atoms with Crippen molar-refractivity contribution in [3.05, 3.63) is 126 Å². The summed E-state index contributed by atoms with van der Waals surface area (Å²) >= 11 is 0. The maximum absolute atomic E-state index is 13.1. The summed E-state index contributed by atoms with van der Waals surface area (Å²) in [6.07, 6.45) is 0.357. The number of methoxy groups -OCH3 is 1. The van der Waals surface area contributed by atoms with Crippen molar-refractivity contribution >= 4 is 0 Å². The fraction of sp³-hybridized carbons (Fsp3) is 0.143. The van der Waals surface area contributed by atoms with Gasteiger partial charge in [0.15, 0.2) is 11.5 Å². The summed E-state index contributed by atoms with van der Waals surface area (Å²) < 4.78 is 31.1. The Morgan fingerprint density at radius 2 is 1.34 bits per heavy atom. The van der Waals surface area contributed by atoms with E-state index in [0.29, 0.717) is 30.3 Å². The van der Waals surface area contributed by atoms with E-state index in [1.54, 1.807) is 19.2 Å². The third-order valence-corrected chi connectivity index (χ3v) is 5.16. The second-order valence-electron chi connectivity index (χ2n) is 7.36. The van der Waals surface area contributed by atoms with Crippen LogP contribution in [0.4, 0.5) is 4.39 Å². The molecule has 162 valence electrons. The predicted octanol–water partition coefficient (Wildman–Crippen LogP) is 6.62. The molecular formula is C28H25FO3. The van der Waals surface area contributed by atoms with Crippen LogP contribution in [0.3, 0.4) is 0 Å². The first-order valence-electron chi connectivity index (χ1n) is 10.5. The minimum absolute atomic E-state index is 0.242. The summed E-state index contributed by atoms with van der Waals surface area (Å²) in [6.45, 7) is 0.440. The highest BCUT2D eigenvalue weighted by Gasteiger charge is 2.19. The Morgan fingerprint density at radius 3 is 1.94 bits per heavy atom. The molecule has 0 aliphatic heterocycles. The lowest BCUT2D eigenvalue weighted by molar-refractivity contribution is 0.224. The zero-order chi connectivity index (χ0) is 22.2. The molecule has 4 aromatic rings. The molecule has 0 heterocycles. The predicted molar refractivity (Wildman–Crippen MR) is 124 cm³/mol. The van der Waals surface area contributed by atoms with E-state index in [1.807, 2.05) is 78.9 Å². The first-order valence-corrected chi connectivity index (χ1v) is 10.5. The van der Waals surface area contributed by atoms with Crippen LogP contribution in [0.2, 0.25) is 0 Å². The van der Waals surface area contributed by atoms with Crippen LogP contribution in [0.5, 0.6) is 17.2 Å². The average Bonchev–Trinajstić information content (AvgIpc) is 2.85. The van der Waals surface area contributed by atoms with Crippen LogP contribution in [0, 0.1) is 5.82 Å². The number of rotatable bonds is 9. The molecule has 0 radical (unpaired) electrons. The Morgan fingerprint density at radius 1 is 0.719 bits per heavy atom. The normalized spacial score (nSPS) is 10.7. The van der Waals surface area contributed by atoms with Crippen LogP contribution < -0.4 is 14.2 Å². The largest absolute Gasteiger partial charge is 0.497 e. The van der Waals surface area contributed by atoms with Crippen LogP contribution in [0.1, 0.15) is 22.8 Å². The van der Waals surface area contributed by atoms with Crippen molar-refractivity contribution in [1.29, 1.82) is 0 Å². The van der Waals surface area contributed by atoms with Crippen LogP contribution in [-0.2, 0) is 6.42 Å². The van der Waals surface area contributed by atoms with Crippen LogP contribution in [0.15, 0.2) is 103 Å². The van der Waals surface area contributed by atoms with Gasteiger partial charge < -0.3 is 14.2 Å². The van der Waals surface area contributed by atoms with Crippen molar-refractivity contribution in [2.24, 2.45) is 0 Å². The van der Waals surface area contributed by atoms with Crippen molar-refractivity contribution in [3.8, 4) is 17.2 Å². The lowest BCUT2D eigenvalue weighted by atomic mass is 10.0. The SMILES string of the molecule is COc1ccc(OCCc2ccc(F)cc2)c(OC(c2ccccc2)c2ccccc2)c1. The van der Waals surface area contributed by atoms with Crippen molar-refractivity contribution in [3.63, 3.8) is 0 Å². The van der Waals surface area contributed by atoms with E-state index in [2.05, 4.69) is 0 Å². The van der Waals surface area contributed by atoms with Crippen molar-refractivity contribution < 1.29 is 18.6 Å². The van der Waals surface area contributed by atoms with Gasteiger partial charge in [-0.05, 0) is 41.0 Å². The second kappa shape index (κ2) is 10.5. The van der Waals surface area contributed by atoms with Gasteiger partial charge in [0.05, 0.1) is 13.7 Å². The number of hydrogen-bond acceptors (Lipinski definition) is 3. The highest BCUT2D eigenvalue weighted by atomic mass is 19.1. The van der Waals surface area contributed by atoms with E-state index in [9.17, 15) is 4.39 Å². The molecule has 4 aromatic carbocycles. The summed E-state index contributed by atoms with van der Waals surface area (Å²) in [5, 5.41) is 0. The van der Waals surface area contributed by atoms with Gasteiger partial charge in [0.2, 0.25) is 0 Å². The minimum Gasteiger partial charge on any atom is -0.497 e. The van der Waals surface area contributed by atoms with Gasteiger partial charge in [-0.3, -0.25) is 0 Å². The smallest absolute Gasteiger partial charge is 0.166 e. The van der Waals surface area contributed by atoms with Crippen molar-refractivity contribution in [2.75, 3.05) is 13.7 Å². The third-order valence-electron chi connectivity index (χ3n) is 5.16. The van der Waals surface area contributed by atoms with E-state index in [4.69, 9.17) is 14.2 Å². The van der Waals surface area contributed by atoms with E-state index in [1.165, 1.54) is 12.1 Å². The van der Waals surface area contributed by atoms with Gasteiger partial charge in [0.25, 0.3) is 0 Å². The summed E-state index contributed by atoms with van der Waals surface area (Å²) in [4.78, 5) is 0. The van der Waals surface area contributed by atoms with Gasteiger partial charge in [0.1, 0.15) is 17.7 Å². The molecule has 3 nitrogen and oxygen atoms in total. The summed E-state index contributed by atoms with van der Waals surface area (Å²) in [6, 6.07) is 32.2. The van der Waals surface area contributed by atoms with Gasteiger partial charge in [-0.15, -0.1) is 0 Å². The molecule has 0 aliphatic carbocycles. The highest BCUT2D eigenvalue weighted by Crippen LogP contribution is 2.37. The molecule has 0 aromatic heterocycles. The van der Waals surface area contributed by atoms with Crippen molar-refractivity contribution in [1.82, 2.24) is 0 Å². The van der Waals surface area contributed by atoms with Crippen LogP contribution >= 0.6 is 0 Å². The zero-order valence-electron chi connectivity index (χ0n) is 17.9. The Labute approximate surface area is 188 Å². The zero-order valence-corrected chi connectivity index (χ0v) is 17.9. The standard InChI is InChI=1S/C28H25FO3/c1-30-25-16-17-26(31-19-18-21-12-14-24(29)15-13-21)27(20-25)32-28(22-8-4-2-5-9-22)23-10-6-3-7-11-23/h2-17,20,28H,18-19H2,1H3. The van der Waals surface area contributed by atoms with E-state index >= 15 is 0 Å². The molecule has 0 fully saturated rings. The van der Waals surface area contributed by atoms with Crippen LogP contribution in [-0.4, -0.2) is 13.7 Å². The second-order valence-corrected chi connectivity index (χ2v) is 7.36. The van der Waals surface area contributed by atoms with Gasteiger partial charge in [-0.1, -0.05) is 72.8 Å². The lowest BCUT2D eigenvalue weighted by Crippen LogP contribution is -2.11. The van der Waals surface area contributed by atoms with Gasteiger partial charge >= 0.3 is 0 Å². The van der Waals surface area contributed by atoms with Crippen LogP contribution in [0.25, 0.3) is 0 Å². The molecule has 0 N–H and O–H groups in total. The van der Waals surface area contributed by atoms with Crippen molar-refractivity contribution in [2.45, 2.75) is 12.5 Å². The number of benzene rings is 4. The highest BCUT2D eigenvalue weighted by molar-refractivity contribution is 5.47.